The van der Waals surface area contributed by atoms with Crippen molar-refractivity contribution >= 4 is 5.69 Å². The maximum absolute atomic E-state index is 6.08. The lowest BCUT2D eigenvalue weighted by molar-refractivity contribution is 0.0731. The lowest BCUT2D eigenvalue weighted by Gasteiger charge is -2.34. The molecule has 2 aromatic rings. The van der Waals surface area contributed by atoms with Crippen molar-refractivity contribution in [3.05, 3.63) is 78.4 Å². The number of rotatable bonds is 11. The Morgan fingerprint density at radius 1 is 1.04 bits per heavy atom. The van der Waals surface area contributed by atoms with Gasteiger partial charge in [0.1, 0.15) is 0 Å². The van der Waals surface area contributed by atoms with E-state index >= 15 is 0 Å². The van der Waals surface area contributed by atoms with Crippen LogP contribution in [0.4, 0.5) is 5.69 Å². The molecule has 2 aromatic carbocycles. The summed E-state index contributed by atoms with van der Waals surface area (Å²) >= 11 is 0. The summed E-state index contributed by atoms with van der Waals surface area (Å²) in [5, 5.41) is 0. The normalized spacial score (nSPS) is 15.5. The van der Waals surface area contributed by atoms with E-state index in [0.29, 0.717) is 6.04 Å². The quantitative estimate of drug-likeness (QED) is 0.398. The molecular formula is C25H34N2O. The highest BCUT2D eigenvalue weighted by molar-refractivity contribution is 5.47. The fourth-order valence-electron chi connectivity index (χ4n) is 3.80. The van der Waals surface area contributed by atoms with Crippen LogP contribution < -0.4 is 4.90 Å². The second-order valence-corrected chi connectivity index (χ2v) is 7.88. The summed E-state index contributed by atoms with van der Waals surface area (Å²) < 4.78 is 6.08. The Labute approximate surface area is 170 Å². The van der Waals surface area contributed by atoms with E-state index in [1.54, 1.807) is 0 Å². The van der Waals surface area contributed by atoms with Gasteiger partial charge in [0.15, 0.2) is 0 Å². The number of anilines is 1. The van der Waals surface area contributed by atoms with E-state index in [-0.39, 0.29) is 0 Å². The van der Waals surface area contributed by atoms with Gasteiger partial charge in [0.2, 0.25) is 0 Å². The van der Waals surface area contributed by atoms with E-state index in [4.69, 9.17) is 4.74 Å². The Morgan fingerprint density at radius 2 is 1.68 bits per heavy atom. The molecule has 0 aliphatic carbocycles. The minimum absolute atomic E-state index is 0.413. The molecule has 0 spiro atoms. The summed E-state index contributed by atoms with van der Waals surface area (Å²) in [6, 6.07) is 21.9. The predicted molar refractivity (Wildman–Crippen MR) is 119 cm³/mol. The second-order valence-electron chi connectivity index (χ2n) is 7.88. The second kappa shape index (κ2) is 11.0. The fourth-order valence-corrected chi connectivity index (χ4v) is 3.80. The molecule has 3 nitrogen and oxygen atoms in total. The molecule has 0 radical (unpaired) electrons. The van der Waals surface area contributed by atoms with E-state index in [2.05, 4.69) is 84.0 Å². The van der Waals surface area contributed by atoms with Crippen LogP contribution in [0.25, 0.3) is 0 Å². The average molecular weight is 379 g/mol. The molecule has 1 aliphatic heterocycles. The predicted octanol–water partition coefficient (Wildman–Crippen LogP) is 5.14. The summed E-state index contributed by atoms with van der Waals surface area (Å²) in [4.78, 5) is 5.11. The number of nitrogens with zero attached hydrogens (tertiary/aromatic N) is 2. The maximum atomic E-state index is 6.08. The number of hydrogen-bond acceptors (Lipinski definition) is 3. The van der Waals surface area contributed by atoms with Crippen LogP contribution in [0, 0.1) is 0 Å². The van der Waals surface area contributed by atoms with Crippen LogP contribution in [0.3, 0.4) is 0 Å². The van der Waals surface area contributed by atoms with Crippen LogP contribution in [-0.2, 0) is 11.3 Å². The van der Waals surface area contributed by atoms with E-state index in [1.807, 2.05) is 0 Å². The zero-order chi connectivity index (χ0) is 19.6. The molecule has 3 rings (SSSR count). The fraction of sp³-hybridized carbons (Fsp3) is 0.440. The largest absolute Gasteiger partial charge is 0.379 e. The zero-order valence-corrected chi connectivity index (χ0v) is 17.2. The van der Waals surface area contributed by atoms with E-state index in [1.165, 1.54) is 42.8 Å². The smallest absolute Gasteiger partial charge is 0.0639 e. The van der Waals surface area contributed by atoms with Crippen molar-refractivity contribution in [1.82, 2.24) is 4.90 Å². The Kier molecular flexibility index (Phi) is 8.13. The van der Waals surface area contributed by atoms with E-state index in [0.717, 1.165) is 32.7 Å². The van der Waals surface area contributed by atoms with Crippen molar-refractivity contribution in [2.45, 2.75) is 38.8 Å². The first kappa shape index (κ1) is 20.6. The molecule has 1 aliphatic rings. The molecule has 1 fully saturated rings. The molecule has 0 amide bonds. The molecule has 0 bridgehead atoms. The van der Waals surface area contributed by atoms with E-state index in [9.17, 15) is 0 Å². The molecule has 0 N–H and O–H groups in total. The topological polar surface area (TPSA) is 15.7 Å². The summed E-state index contributed by atoms with van der Waals surface area (Å²) in [7, 11) is 0. The van der Waals surface area contributed by atoms with Gasteiger partial charge < -0.3 is 9.64 Å². The lowest BCUT2D eigenvalue weighted by atomic mass is 10.1. The first-order chi connectivity index (χ1) is 13.7. The first-order valence-corrected chi connectivity index (χ1v) is 10.5. The monoisotopic (exact) mass is 378 g/mol. The SMILES string of the molecule is C=C(C)CCOCC(CN(Cc1ccccc1)c1ccccc1)N1CCCC1. The Balaban J connectivity index is 1.71. The van der Waals surface area contributed by atoms with Crippen LogP contribution in [0.2, 0.25) is 0 Å². The highest BCUT2D eigenvalue weighted by atomic mass is 16.5. The molecule has 0 saturated carbocycles. The third-order valence-corrected chi connectivity index (χ3v) is 5.41. The molecule has 3 heteroatoms. The van der Waals surface area contributed by atoms with Crippen molar-refractivity contribution in [2.75, 3.05) is 37.7 Å². The Morgan fingerprint density at radius 3 is 2.32 bits per heavy atom. The minimum Gasteiger partial charge on any atom is -0.379 e. The first-order valence-electron chi connectivity index (χ1n) is 10.5. The van der Waals surface area contributed by atoms with Crippen LogP contribution in [0.5, 0.6) is 0 Å². The van der Waals surface area contributed by atoms with Crippen molar-refractivity contribution in [3.63, 3.8) is 0 Å². The van der Waals surface area contributed by atoms with Crippen LogP contribution >= 0.6 is 0 Å². The van der Waals surface area contributed by atoms with E-state index < -0.39 is 0 Å². The highest BCUT2D eigenvalue weighted by Gasteiger charge is 2.24. The van der Waals surface area contributed by atoms with Crippen LogP contribution in [-0.4, -0.2) is 43.8 Å². The summed E-state index contributed by atoms with van der Waals surface area (Å²) in [5.74, 6) is 0. The summed E-state index contributed by atoms with van der Waals surface area (Å²) in [6.45, 7) is 11.9. The molecule has 150 valence electrons. The molecule has 1 saturated heterocycles. The van der Waals surface area contributed by atoms with Gasteiger partial charge in [0, 0.05) is 18.8 Å². The average Bonchev–Trinajstić information content (AvgIpc) is 3.25. The zero-order valence-electron chi connectivity index (χ0n) is 17.2. The van der Waals surface area contributed by atoms with Crippen molar-refractivity contribution in [1.29, 1.82) is 0 Å². The van der Waals surface area contributed by atoms with Gasteiger partial charge in [0.05, 0.1) is 19.3 Å². The number of para-hydroxylation sites is 1. The standard InChI is InChI=1S/C25H34N2O/c1-22(2)15-18-28-21-25(26-16-9-10-17-26)20-27(24-13-7-4-8-14-24)19-23-11-5-3-6-12-23/h3-8,11-14,25H,1,9-10,15-21H2,2H3. The van der Waals surface area contributed by atoms with Gasteiger partial charge >= 0.3 is 0 Å². The molecular weight excluding hydrogens is 344 g/mol. The van der Waals surface area contributed by atoms with Gasteiger partial charge in [-0.2, -0.15) is 0 Å². The molecule has 1 heterocycles. The maximum Gasteiger partial charge on any atom is 0.0639 e. The molecule has 1 atom stereocenters. The van der Waals surface area contributed by atoms with Gasteiger partial charge in [-0.3, -0.25) is 4.90 Å². The number of hydrogen-bond donors (Lipinski definition) is 0. The van der Waals surface area contributed by atoms with Crippen molar-refractivity contribution in [3.8, 4) is 0 Å². The molecule has 1 unspecified atom stereocenters. The summed E-state index contributed by atoms with van der Waals surface area (Å²) in [5.41, 5.74) is 3.81. The number of benzene rings is 2. The van der Waals surface area contributed by atoms with Gasteiger partial charge in [-0.05, 0) is 57.0 Å². The number of likely N-dealkylation sites (tertiary alicyclic amines) is 1. The molecule has 28 heavy (non-hydrogen) atoms. The van der Waals surface area contributed by atoms with Crippen molar-refractivity contribution < 1.29 is 4.74 Å². The van der Waals surface area contributed by atoms with Crippen LogP contribution in [0.15, 0.2) is 72.8 Å². The third kappa shape index (κ3) is 6.50. The Bertz CT molecular complexity index is 695. The number of ether oxygens (including phenoxy) is 1. The van der Waals surface area contributed by atoms with Gasteiger partial charge in [-0.15, -0.1) is 6.58 Å². The highest BCUT2D eigenvalue weighted by Crippen LogP contribution is 2.20. The summed E-state index contributed by atoms with van der Waals surface area (Å²) in [6.07, 6.45) is 3.54. The van der Waals surface area contributed by atoms with Gasteiger partial charge in [-0.25, -0.2) is 0 Å². The van der Waals surface area contributed by atoms with Gasteiger partial charge in [0.25, 0.3) is 0 Å². The van der Waals surface area contributed by atoms with Gasteiger partial charge in [-0.1, -0.05) is 54.1 Å². The minimum atomic E-state index is 0.413. The Hall–Kier alpha value is -2.10. The van der Waals surface area contributed by atoms with Crippen molar-refractivity contribution in [2.24, 2.45) is 0 Å². The third-order valence-electron chi connectivity index (χ3n) is 5.41. The molecule has 0 aromatic heterocycles. The lowest BCUT2D eigenvalue weighted by Crippen LogP contribution is -2.45. The van der Waals surface area contributed by atoms with Crippen LogP contribution in [0.1, 0.15) is 31.7 Å².